The van der Waals surface area contributed by atoms with E-state index in [0.29, 0.717) is 23.0 Å². The zero-order valence-corrected chi connectivity index (χ0v) is 15.0. The van der Waals surface area contributed by atoms with Crippen molar-refractivity contribution in [2.24, 2.45) is 5.73 Å². The van der Waals surface area contributed by atoms with Gasteiger partial charge in [0.1, 0.15) is 11.5 Å². The molecule has 1 aromatic heterocycles. The van der Waals surface area contributed by atoms with Crippen LogP contribution in [0, 0.1) is 0 Å². The summed E-state index contributed by atoms with van der Waals surface area (Å²) in [6.07, 6.45) is 3.61. The number of ether oxygens (including phenoxy) is 2. The van der Waals surface area contributed by atoms with Crippen molar-refractivity contribution in [3.8, 4) is 22.8 Å². The Morgan fingerprint density at radius 1 is 1.12 bits per heavy atom. The molecular formula is C18H25N5O2. The molecule has 2 heterocycles. The summed E-state index contributed by atoms with van der Waals surface area (Å²) in [6.45, 7) is 3.80. The second-order valence-electron chi connectivity index (χ2n) is 6.67. The summed E-state index contributed by atoms with van der Waals surface area (Å²) in [5.41, 5.74) is 13.7. The second-order valence-corrected chi connectivity index (χ2v) is 6.67. The molecular weight excluding hydrogens is 318 g/mol. The van der Waals surface area contributed by atoms with Gasteiger partial charge < -0.3 is 25.8 Å². The van der Waals surface area contributed by atoms with Crippen molar-refractivity contribution >= 4 is 11.6 Å². The maximum atomic E-state index is 6.19. The van der Waals surface area contributed by atoms with Crippen molar-refractivity contribution in [3.63, 3.8) is 0 Å². The maximum Gasteiger partial charge on any atom is 0.161 e. The molecule has 0 unspecified atom stereocenters. The van der Waals surface area contributed by atoms with Gasteiger partial charge in [0.05, 0.1) is 20.4 Å². The van der Waals surface area contributed by atoms with Crippen LogP contribution in [0.5, 0.6) is 11.5 Å². The molecule has 0 bridgehead atoms. The third-order valence-electron chi connectivity index (χ3n) is 4.67. The molecule has 4 N–H and O–H groups in total. The minimum absolute atomic E-state index is 0.102. The summed E-state index contributed by atoms with van der Waals surface area (Å²) in [6, 6.07) is 5.57. The predicted molar refractivity (Wildman–Crippen MR) is 99.0 cm³/mol. The number of hydrogen-bond acceptors (Lipinski definition) is 7. The molecule has 0 aliphatic carbocycles. The molecule has 7 nitrogen and oxygen atoms in total. The van der Waals surface area contributed by atoms with Crippen LogP contribution in [-0.2, 0) is 0 Å². The van der Waals surface area contributed by atoms with Crippen LogP contribution in [0.2, 0.25) is 0 Å². The zero-order chi connectivity index (χ0) is 18.0. The molecule has 0 atom stereocenters. The van der Waals surface area contributed by atoms with Crippen LogP contribution in [0.1, 0.15) is 19.8 Å². The van der Waals surface area contributed by atoms with Gasteiger partial charge >= 0.3 is 0 Å². The molecule has 3 rings (SSSR count). The van der Waals surface area contributed by atoms with Crippen LogP contribution < -0.4 is 25.8 Å². The Morgan fingerprint density at radius 2 is 1.80 bits per heavy atom. The monoisotopic (exact) mass is 343 g/mol. The number of piperidine rings is 1. The standard InChI is InChI=1S/C18H25N5O2/c1-18(20)6-8-23(9-7-18)15-11-21-16(17(19)22-15)12-4-5-13(24-2)14(10-12)25-3/h4-5,10-11H,6-9,20H2,1-3H3,(H2,19,22). The number of aromatic nitrogens is 2. The number of nitrogen functional groups attached to an aromatic ring is 1. The molecule has 25 heavy (non-hydrogen) atoms. The minimum Gasteiger partial charge on any atom is -0.493 e. The Hall–Kier alpha value is -2.54. The Labute approximate surface area is 148 Å². The number of rotatable bonds is 4. The number of benzene rings is 1. The Morgan fingerprint density at radius 3 is 2.40 bits per heavy atom. The molecule has 134 valence electrons. The molecule has 1 aromatic carbocycles. The van der Waals surface area contributed by atoms with Gasteiger partial charge in [-0.25, -0.2) is 9.97 Å². The molecule has 2 aromatic rings. The van der Waals surface area contributed by atoms with Crippen molar-refractivity contribution in [1.29, 1.82) is 0 Å². The Balaban J connectivity index is 1.85. The third-order valence-corrected chi connectivity index (χ3v) is 4.67. The maximum absolute atomic E-state index is 6.19. The SMILES string of the molecule is COc1ccc(-c2ncc(N3CCC(C)(N)CC3)nc2N)cc1OC. The van der Waals surface area contributed by atoms with Gasteiger partial charge in [0.25, 0.3) is 0 Å². The van der Waals surface area contributed by atoms with Crippen molar-refractivity contribution < 1.29 is 9.47 Å². The smallest absolute Gasteiger partial charge is 0.161 e. The average molecular weight is 343 g/mol. The molecule has 0 amide bonds. The molecule has 0 radical (unpaired) electrons. The molecule has 1 aliphatic rings. The van der Waals surface area contributed by atoms with Crippen LogP contribution in [0.15, 0.2) is 24.4 Å². The lowest BCUT2D eigenvalue weighted by molar-refractivity contribution is 0.355. The summed E-state index contributed by atoms with van der Waals surface area (Å²) in [7, 11) is 3.20. The molecule has 7 heteroatoms. The summed E-state index contributed by atoms with van der Waals surface area (Å²) in [4.78, 5) is 11.3. The van der Waals surface area contributed by atoms with E-state index in [2.05, 4.69) is 21.8 Å². The van der Waals surface area contributed by atoms with E-state index < -0.39 is 0 Å². The van der Waals surface area contributed by atoms with Gasteiger partial charge in [-0.05, 0) is 38.0 Å². The average Bonchev–Trinajstić information content (AvgIpc) is 2.61. The zero-order valence-electron chi connectivity index (χ0n) is 15.0. The highest BCUT2D eigenvalue weighted by Gasteiger charge is 2.27. The van der Waals surface area contributed by atoms with Gasteiger partial charge in [-0.3, -0.25) is 0 Å². The number of anilines is 2. The van der Waals surface area contributed by atoms with E-state index in [4.69, 9.17) is 20.9 Å². The summed E-state index contributed by atoms with van der Waals surface area (Å²) in [5, 5.41) is 0. The fourth-order valence-corrected chi connectivity index (χ4v) is 3.00. The normalized spacial score (nSPS) is 16.6. The first-order valence-electron chi connectivity index (χ1n) is 8.32. The van der Waals surface area contributed by atoms with E-state index in [0.717, 1.165) is 37.3 Å². The van der Waals surface area contributed by atoms with Gasteiger partial charge in [-0.2, -0.15) is 0 Å². The number of nitrogens with zero attached hydrogens (tertiary/aromatic N) is 3. The second kappa shape index (κ2) is 6.76. The fourth-order valence-electron chi connectivity index (χ4n) is 3.00. The van der Waals surface area contributed by atoms with Crippen molar-refractivity contribution in [3.05, 3.63) is 24.4 Å². The van der Waals surface area contributed by atoms with E-state index in [1.54, 1.807) is 20.4 Å². The summed E-state index contributed by atoms with van der Waals surface area (Å²) >= 11 is 0. The van der Waals surface area contributed by atoms with Crippen molar-refractivity contribution in [1.82, 2.24) is 9.97 Å². The van der Waals surface area contributed by atoms with Crippen molar-refractivity contribution in [2.45, 2.75) is 25.3 Å². The molecule has 0 spiro atoms. The van der Waals surface area contributed by atoms with Crippen LogP contribution in [-0.4, -0.2) is 42.8 Å². The molecule has 1 aliphatic heterocycles. The minimum atomic E-state index is -0.102. The third kappa shape index (κ3) is 3.61. The first-order valence-corrected chi connectivity index (χ1v) is 8.32. The van der Waals surface area contributed by atoms with E-state index in [1.165, 1.54) is 0 Å². The summed E-state index contributed by atoms with van der Waals surface area (Å²) in [5.74, 6) is 2.47. The van der Waals surface area contributed by atoms with Crippen LogP contribution >= 0.6 is 0 Å². The first-order chi connectivity index (χ1) is 11.9. The first kappa shape index (κ1) is 17.3. The van der Waals surface area contributed by atoms with Gasteiger partial charge in [0.15, 0.2) is 17.3 Å². The molecule has 1 saturated heterocycles. The van der Waals surface area contributed by atoms with Crippen LogP contribution in [0.25, 0.3) is 11.3 Å². The van der Waals surface area contributed by atoms with Crippen molar-refractivity contribution in [2.75, 3.05) is 37.9 Å². The van der Waals surface area contributed by atoms with Gasteiger partial charge in [0.2, 0.25) is 0 Å². The highest BCUT2D eigenvalue weighted by molar-refractivity contribution is 5.73. The largest absolute Gasteiger partial charge is 0.493 e. The number of methoxy groups -OCH3 is 2. The lowest BCUT2D eigenvalue weighted by atomic mass is 9.91. The fraction of sp³-hybridized carbons (Fsp3) is 0.444. The van der Waals surface area contributed by atoms with Crippen LogP contribution in [0.3, 0.4) is 0 Å². The van der Waals surface area contributed by atoms with E-state index in [9.17, 15) is 0 Å². The predicted octanol–water partition coefficient (Wildman–Crippen LogP) is 2.06. The van der Waals surface area contributed by atoms with Gasteiger partial charge in [-0.15, -0.1) is 0 Å². The topological polar surface area (TPSA) is 99.5 Å². The van der Waals surface area contributed by atoms with Crippen LogP contribution in [0.4, 0.5) is 11.6 Å². The van der Waals surface area contributed by atoms with Gasteiger partial charge in [0, 0.05) is 24.2 Å². The highest BCUT2D eigenvalue weighted by Crippen LogP contribution is 2.34. The quantitative estimate of drug-likeness (QED) is 0.876. The summed E-state index contributed by atoms with van der Waals surface area (Å²) < 4.78 is 10.6. The highest BCUT2D eigenvalue weighted by atomic mass is 16.5. The number of nitrogens with two attached hydrogens (primary N) is 2. The lowest BCUT2D eigenvalue weighted by Gasteiger charge is -2.37. The van der Waals surface area contributed by atoms with Gasteiger partial charge in [-0.1, -0.05) is 0 Å². The van der Waals surface area contributed by atoms with E-state index in [-0.39, 0.29) is 5.54 Å². The van der Waals surface area contributed by atoms with E-state index in [1.807, 2.05) is 18.2 Å². The molecule has 1 fully saturated rings. The Bertz CT molecular complexity index is 753. The Kier molecular flexibility index (Phi) is 4.67. The lowest BCUT2D eigenvalue weighted by Crippen LogP contribution is -2.48. The number of hydrogen-bond donors (Lipinski definition) is 2. The molecule has 0 saturated carbocycles. The van der Waals surface area contributed by atoms with E-state index >= 15 is 0 Å².